The van der Waals surface area contributed by atoms with Crippen LogP contribution in [0.1, 0.15) is 115 Å². The third-order valence-corrected chi connectivity index (χ3v) is 17.7. The van der Waals surface area contributed by atoms with Crippen molar-refractivity contribution in [3.05, 3.63) is 114 Å². The van der Waals surface area contributed by atoms with Crippen LogP contribution < -0.4 is 4.74 Å². The fraction of sp³-hybridized carbons (Fsp3) is 0.556. The highest BCUT2D eigenvalue weighted by Gasteiger charge is 2.74. The number of allylic oxidation sites excluding steroid dienone is 4. The molecule has 0 radical (unpaired) electrons. The maximum atomic E-state index is 15.3. The van der Waals surface area contributed by atoms with Gasteiger partial charge in [0, 0.05) is 33.9 Å². The third-order valence-electron chi connectivity index (χ3n) is 17.7. The van der Waals surface area contributed by atoms with Gasteiger partial charge in [-0.25, -0.2) is 4.79 Å². The van der Waals surface area contributed by atoms with Gasteiger partial charge in [0.25, 0.3) is 0 Å². The number of carbonyl (C=O) groups excluding carboxylic acids is 2. The Kier molecular flexibility index (Phi) is 11.3. The fourth-order valence-electron chi connectivity index (χ4n) is 14.2. The van der Waals surface area contributed by atoms with Gasteiger partial charge in [-0.3, -0.25) is 4.79 Å². The number of hydrogen-bond donors (Lipinski definition) is 2. The summed E-state index contributed by atoms with van der Waals surface area (Å²) < 4.78 is 49.9. The molecule has 7 aliphatic carbocycles. The Bertz CT molecular complexity index is 2290. The quantitative estimate of drug-likeness (QED) is 0.156. The van der Waals surface area contributed by atoms with Gasteiger partial charge < -0.3 is 24.6 Å². The molecular weight excluding hydrogens is 816 g/mol. The number of aliphatic hydroxyl groups excluding tert-OH is 1. The second-order valence-corrected chi connectivity index (χ2v) is 21.4. The van der Waals surface area contributed by atoms with Crippen LogP contribution in [0.15, 0.2) is 103 Å². The van der Waals surface area contributed by atoms with E-state index in [9.17, 15) is 28.2 Å². The standard InChI is InChI=1S/C54H64F3NO6/c1-34(2)42-20-11-35(3)29-44(42)63-48(61)58(32-36-12-18-41(19-13-36)64-54(55,56)57)33-52(62)26-23-46-50(52,5)25-22-45-49(4)24-21-40(59)30-51(49)27-28-53(45,46)43(31-51)47(60)39-16-14-38(15-17-39)37-9-7-6-8-10-37/h6-10,12-19,27-28,31,34-35,40,42,44-46,59,62H,11,20-26,29-30,32-33H2,1-5H3/t35-,40?,42+,44-,45+,46+,49+,50-,51-,52+,53+/m0/s1. The summed E-state index contributed by atoms with van der Waals surface area (Å²) >= 11 is 0. The molecule has 3 aromatic rings. The van der Waals surface area contributed by atoms with Gasteiger partial charge in [0.05, 0.1) is 18.2 Å². The van der Waals surface area contributed by atoms with Crippen molar-refractivity contribution >= 4 is 11.9 Å². The number of ether oxygens (including phenoxy) is 2. The zero-order chi connectivity index (χ0) is 45.5. The molecule has 3 aromatic carbocycles. The Morgan fingerprint density at radius 2 is 1.48 bits per heavy atom. The number of ketones is 1. The molecule has 1 amide bonds. The summed E-state index contributed by atoms with van der Waals surface area (Å²) in [5.74, 6) is 0.418. The smallest absolute Gasteiger partial charge is 0.446 e. The summed E-state index contributed by atoms with van der Waals surface area (Å²) in [6.45, 7) is 11.0. The molecule has 10 rings (SSSR count). The van der Waals surface area contributed by atoms with Crippen LogP contribution >= 0.6 is 0 Å². The van der Waals surface area contributed by atoms with Gasteiger partial charge in [-0.1, -0.05) is 126 Å². The van der Waals surface area contributed by atoms with Gasteiger partial charge in [0.15, 0.2) is 5.78 Å². The minimum Gasteiger partial charge on any atom is -0.446 e. The fourth-order valence-corrected chi connectivity index (χ4v) is 14.2. The van der Waals surface area contributed by atoms with Crippen LogP contribution in [0.3, 0.4) is 0 Å². The van der Waals surface area contributed by atoms with E-state index in [2.05, 4.69) is 69.7 Å². The lowest BCUT2D eigenvalue weighted by molar-refractivity contribution is -0.274. The number of aliphatic hydroxyl groups is 2. The summed E-state index contributed by atoms with van der Waals surface area (Å²) in [4.78, 5) is 31.5. The van der Waals surface area contributed by atoms with Crippen molar-refractivity contribution in [1.29, 1.82) is 0 Å². The molecule has 2 bridgehead atoms. The number of Topliss-reactive ketones (excluding diaryl/α,β-unsaturated/α-hetero) is 1. The summed E-state index contributed by atoms with van der Waals surface area (Å²) in [7, 11) is 0. The number of fused-ring (bicyclic) bond motifs is 1. The number of carbonyl (C=O) groups is 2. The normalized spacial score (nSPS) is 36.4. The lowest BCUT2D eigenvalue weighted by Crippen LogP contribution is -2.67. The van der Waals surface area contributed by atoms with Crippen molar-refractivity contribution < 1.29 is 42.4 Å². The molecule has 0 aromatic heterocycles. The van der Waals surface area contributed by atoms with E-state index in [1.54, 1.807) is 4.90 Å². The topological polar surface area (TPSA) is 96.3 Å². The lowest BCUT2D eigenvalue weighted by atomic mass is 9.32. The summed E-state index contributed by atoms with van der Waals surface area (Å²) in [6, 6.07) is 23.5. The predicted octanol–water partition coefficient (Wildman–Crippen LogP) is 12.1. The van der Waals surface area contributed by atoms with Crippen LogP contribution in [0, 0.1) is 51.2 Å². The molecule has 0 aliphatic heterocycles. The number of hydrogen-bond acceptors (Lipinski definition) is 6. The number of nitrogens with zero attached hydrogens (tertiary/aromatic N) is 1. The van der Waals surface area contributed by atoms with Crippen LogP contribution in [0.5, 0.6) is 5.75 Å². The van der Waals surface area contributed by atoms with Crippen LogP contribution in [-0.2, 0) is 11.3 Å². The first-order chi connectivity index (χ1) is 30.3. The molecule has 2 N–H and O–H groups in total. The van der Waals surface area contributed by atoms with Gasteiger partial charge in [0.1, 0.15) is 11.9 Å². The largest absolute Gasteiger partial charge is 0.573 e. The van der Waals surface area contributed by atoms with Gasteiger partial charge >= 0.3 is 12.5 Å². The molecule has 2 spiro atoms. The van der Waals surface area contributed by atoms with Gasteiger partial charge in [-0.2, -0.15) is 0 Å². The number of halogens is 3. The predicted molar refractivity (Wildman–Crippen MR) is 240 cm³/mol. The summed E-state index contributed by atoms with van der Waals surface area (Å²) in [5.41, 5.74) is 0.491. The highest BCUT2D eigenvalue weighted by atomic mass is 19.4. The van der Waals surface area contributed by atoms with Crippen molar-refractivity contribution in [2.75, 3.05) is 6.54 Å². The third kappa shape index (κ3) is 7.43. The first-order valence-electron chi connectivity index (χ1n) is 23.6. The molecule has 0 heterocycles. The highest BCUT2D eigenvalue weighted by molar-refractivity contribution is 6.10. The van der Waals surface area contributed by atoms with E-state index in [1.165, 1.54) is 24.3 Å². The van der Waals surface area contributed by atoms with Crippen molar-refractivity contribution in [1.82, 2.24) is 4.90 Å². The maximum absolute atomic E-state index is 15.3. The molecule has 0 saturated heterocycles. The average molecular weight is 880 g/mol. The Hall–Kier alpha value is -4.41. The Morgan fingerprint density at radius 3 is 2.17 bits per heavy atom. The summed E-state index contributed by atoms with van der Waals surface area (Å²) in [6.07, 6.45) is 7.91. The number of rotatable bonds is 10. The van der Waals surface area contributed by atoms with Crippen LogP contribution in [0.4, 0.5) is 18.0 Å². The minimum atomic E-state index is -4.84. The lowest BCUT2D eigenvalue weighted by Gasteiger charge is -2.71. The Balaban J connectivity index is 1.07. The molecule has 10 heteroatoms. The molecular formula is C54H64F3NO6. The van der Waals surface area contributed by atoms with Crippen LogP contribution in [-0.4, -0.2) is 57.7 Å². The Labute approximate surface area is 376 Å². The number of alkyl halides is 3. The zero-order valence-corrected chi connectivity index (χ0v) is 37.9. The monoisotopic (exact) mass is 879 g/mol. The van der Waals surface area contributed by atoms with Crippen LogP contribution in [0.2, 0.25) is 0 Å². The van der Waals surface area contributed by atoms with Gasteiger partial charge in [-0.15, -0.1) is 13.2 Å². The first kappa shape index (κ1) is 44.8. The van der Waals surface area contributed by atoms with Crippen molar-refractivity contribution in [3.8, 4) is 16.9 Å². The Morgan fingerprint density at radius 1 is 0.828 bits per heavy atom. The SMILES string of the molecule is CC(C)[C@H]1CC[C@H](C)C[C@@H]1OC(=O)N(Cc1ccc(OC(F)(F)F)cc1)C[C@]1(O)CC[C@H]2[C@]34C=C[C@@]5(C=C3C(=O)c3ccc(-c6ccccc6)cc3)CC(O)CC[C@]5(C)[C@H]4CC[C@@]21C. The zero-order valence-electron chi connectivity index (χ0n) is 37.9. The molecule has 7 aliphatic rings. The van der Waals surface area contributed by atoms with Gasteiger partial charge in [-0.05, 0) is 122 Å². The molecule has 4 saturated carbocycles. The molecule has 11 atom stereocenters. The molecule has 1 unspecified atom stereocenters. The van der Waals surface area contributed by atoms with E-state index in [0.717, 1.165) is 48.8 Å². The number of benzene rings is 3. The van der Waals surface area contributed by atoms with E-state index in [4.69, 9.17) is 4.74 Å². The second kappa shape index (κ2) is 16.2. The maximum Gasteiger partial charge on any atom is 0.573 e. The van der Waals surface area contributed by atoms with E-state index in [0.29, 0.717) is 55.1 Å². The van der Waals surface area contributed by atoms with E-state index >= 15 is 4.79 Å². The summed E-state index contributed by atoms with van der Waals surface area (Å²) in [5, 5.41) is 24.6. The van der Waals surface area contributed by atoms with Gasteiger partial charge in [0.2, 0.25) is 0 Å². The number of amides is 1. The molecule has 64 heavy (non-hydrogen) atoms. The van der Waals surface area contributed by atoms with Crippen LogP contribution in [0.25, 0.3) is 11.1 Å². The first-order valence-corrected chi connectivity index (χ1v) is 23.6. The molecule has 7 nitrogen and oxygen atoms in total. The highest BCUT2D eigenvalue weighted by Crippen LogP contribution is 2.78. The van der Waals surface area contributed by atoms with E-state index in [1.807, 2.05) is 42.5 Å². The van der Waals surface area contributed by atoms with E-state index in [-0.39, 0.29) is 53.9 Å². The average Bonchev–Trinajstić information content (AvgIpc) is 3.53. The second-order valence-electron chi connectivity index (χ2n) is 21.4. The minimum absolute atomic E-state index is 0.0159. The van der Waals surface area contributed by atoms with Crippen molar-refractivity contribution in [3.63, 3.8) is 0 Å². The van der Waals surface area contributed by atoms with E-state index < -0.39 is 40.4 Å². The van der Waals surface area contributed by atoms with Crippen molar-refractivity contribution in [2.45, 2.75) is 130 Å². The molecule has 342 valence electrons. The van der Waals surface area contributed by atoms with Crippen molar-refractivity contribution in [2.24, 2.45) is 51.2 Å². The molecule has 4 fully saturated rings.